The molecule has 0 spiro atoms. The number of hydrogen-bond acceptors (Lipinski definition) is 7. The second kappa shape index (κ2) is 14.6. The quantitative estimate of drug-likeness (QED) is 0.130. The average molecular weight is 733 g/mol. The Morgan fingerprint density at radius 2 is 0.918 bits per heavy atom. The summed E-state index contributed by atoms with van der Waals surface area (Å²) in [5.74, 6) is -2.14. The number of carbonyl (C=O) groups is 2. The number of hydrogen-bond donors (Lipinski definition) is 3. The summed E-state index contributed by atoms with van der Waals surface area (Å²) in [6.45, 7) is 0. The number of carbonyl (C=O) groups excluding carboxylic acids is 1. The zero-order valence-electron chi connectivity index (χ0n) is 25.5. The molecule has 0 fully saturated rings. The summed E-state index contributed by atoms with van der Waals surface area (Å²) in [4.78, 5) is 23.2. The van der Waals surface area contributed by atoms with E-state index in [1.165, 1.54) is 60.7 Å². The molecular formula is C31H26F6N2O8S2. The molecule has 10 nitrogen and oxygen atoms in total. The van der Waals surface area contributed by atoms with E-state index in [9.17, 15) is 57.9 Å². The maximum Gasteiger partial charge on any atom is 0.416 e. The van der Waals surface area contributed by atoms with Crippen molar-refractivity contribution in [2.24, 2.45) is 0 Å². The van der Waals surface area contributed by atoms with E-state index in [0.29, 0.717) is 22.3 Å². The van der Waals surface area contributed by atoms with E-state index in [1.807, 2.05) is 0 Å². The first-order valence-corrected chi connectivity index (χ1v) is 17.2. The third-order valence-electron chi connectivity index (χ3n) is 6.36. The fourth-order valence-corrected chi connectivity index (χ4v) is 5.34. The molecule has 0 aliphatic carbocycles. The number of benzene rings is 4. The molecule has 0 heterocycles. The van der Waals surface area contributed by atoms with Gasteiger partial charge in [0.15, 0.2) is 0 Å². The maximum absolute atomic E-state index is 12.6. The summed E-state index contributed by atoms with van der Waals surface area (Å²) in [6, 6.07) is 16.6. The van der Waals surface area contributed by atoms with Crippen LogP contribution in [0.25, 0.3) is 22.3 Å². The Bertz CT molecular complexity index is 2070. The van der Waals surface area contributed by atoms with Crippen LogP contribution in [0.2, 0.25) is 0 Å². The highest BCUT2D eigenvalue weighted by Gasteiger charge is 2.31. The number of ether oxygens (including phenoxy) is 1. The van der Waals surface area contributed by atoms with E-state index >= 15 is 0 Å². The fourth-order valence-electron chi connectivity index (χ4n) is 4.18. The lowest BCUT2D eigenvalue weighted by molar-refractivity contribution is -0.138. The summed E-state index contributed by atoms with van der Waals surface area (Å²) in [5, 5.41) is 9.20. The molecule has 0 unspecified atom stereocenters. The zero-order chi connectivity index (χ0) is 36.9. The Kier molecular flexibility index (Phi) is 11.4. The molecule has 0 saturated carbocycles. The van der Waals surface area contributed by atoms with E-state index in [4.69, 9.17) is 0 Å². The van der Waals surface area contributed by atoms with Gasteiger partial charge in [0.05, 0.1) is 53.2 Å². The minimum absolute atomic E-state index is 0.0185. The van der Waals surface area contributed by atoms with Gasteiger partial charge in [-0.15, -0.1) is 0 Å². The third-order valence-corrected chi connectivity index (χ3v) is 7.54. The second-order valence-corrected chi connectivity index (χ2v) is 13.7. The van der Waals surface area contributed by atoms with Crippen LogP contribution < -0.4 is 9.44 Å². The minimum Gasteiger partial charge on any atom is -0.478 e. The van der Waals surface area contributed by atoms with Gasteiger partial charge in [0.25, 0.3) is 0 Å². The Morgan fingerprint density at radius 1 is 0.592 bits per heavy atom. The van der Waals surface area contributed by atoms with Crippen LogP contribution in [0, 0.1) is 0 Å². The van der Waals surface area contributed by atoms with Crippen molar-refractivity contribution in [2.75, 3.05) is 29.1 Å². The smallest absolute Gasteiger partial charge is 0.416 e. The lowest BCUT2D eigenvalue weighted by atomic mass is 10.0. The molecular weight excluding hydrogens is 706 g/mol. The number of nitrogens with one attached hydrogen (secondary N) is 2. The van der Waals surface area contributed by atoms with Crippen molar-refractivity contribution in [3.63, 3.8) is 0 Å². The van der Waals surface area contributed by atoms with Gasteiger partial charge in [0.1, 0.15) is 0 Å². The third kappa shape index (κ3) is 11.0. The summed E-state index contributed by atoms with van der Waals surface area (Å²) >= 11 is 0. The molecule has 4 aromatic carbocycles. The van der Waals surface area contributed by atoms with E-state index < -0.39 is 55.5 Å². The molecule has 18 heteroatoms. The first-order chi connectivity index (χ1) is 22.5. The number of halogens is 6. The predicted molar refractivity (Wildman–Crippen MR) is 169 cm³/mol. The van der Waals surface area contributed by atoms with Crippen molar-refractivity contribution in [3.05, 3.63) is 107 Å². The van der Waals surface area contributed by atoms with Crippen LogP contribution in [0.15, 0.2) is 84.9 Å². The molecule has 262 valence electrons. The van der Waals surface area contributed by atoms with Gasteiger partial charge in [0, 0.05) is 0 Å². The van der Waals surface area contributed by atoms with E-state index in [1.54, 1.807) is 0 Å². The molecule has 0 saturated heterocycles. The number of rotatable bonds is 8. The van der Waals surface area contributed by atoms with Gasteiger partial charge < -0.3 is 9.84 Å². The van der Waals surface area contributed by atoms with Crippen molar-refractivity contribution in [1.29, 1.82) is 0 Å². The number of anilines is 2. The number of esters is 1. The van der Waals surface area contributed by atoms with Crippen molar-refractivity contribution < 1.29 is 62.6 Å². The molecule has 0 bridgehead atoms. The molecule has 0 atom stereocenters. The topological polar surface area (TPSA) is 156 Å². The summed E-state index contributed by atoms with van der Waals surface area (Å²) in [6.07, 6.45) is -7.10. The minimum atomic E-state index is -4.46. The van der Waals surface area contributed by atoms with Crippen LogP contribution >= 0.6 is 0 Å². The highest BCUT2D eigenvalue weighted by molar-refractivity contribution is 7.92. The van der Waals surface area contributed by atoms with Gasteiger partial charge in [0.2, 0.25) is 20.0 Å². The Morgan fingerprint density at radius 3 is 1.22 bits per heavy atom. The first kappa shape index (κ1) is 38.3. The molecule has 49 heavy (non-hydrogen) atoms. The van der Waals surface area contributed by atoms with Crippen LogP contribution in [-0.4, -0.2) is 53.5 Å². The second-order valence-electron chi connectivity index (χ2n) is 10.2. The summed E-state index contributed by atoms with van der Waals surface area (Å²) in [5.41, 5.74) is -0.484. The highest BCUT2D eigenvalue weighted by atomic mass is 32.2. The number of carboxylic acid groups (broad SMARTS) is 1. The van der Waals surface area contributed by atoms with E-state index in [-0.39, 0.29) is 22.5 Å². The van der Waals surface area contributed by atoms with Gasteiger partial charge in [-0.2, -0.15) is 26.3 Å². The lowest BCUT2D eigenvalue weighted by Crippen LogP contribution is -2.14. The fraction of sp³-hybridized carbons (Fsp3) is 0.161. The maximum atomic E-state index is 12.6. The molecule has 4 rings (SSSR count). The van der Waals surface area contributed by atoms with Crippen molar-refractivity contribution >= 4 is 43.4 Å². The SMILES string of the molecule is COC(=O)c1cc(-c2ccc(C(F)(F)F)cc2)ccc1NS(C)(=O)=O.CS(=O)(=O)Nc1ccc(-c2ccc(C(F)(F)F)cc2)cc1C(=O)O. The predicted octanol–water partition coefficient (Wildman–Crippen LogP) is 6.97. The molecule has 4 aromatic rings. The molecule has 0 radical (unpaired) electrons. The number of aromatic carboxylic acids is 1. The summed E-state index contributed by atoms with van der Waals surface area (Å²) < 4.78 is 130. The Hall–Kier alpha value is -5.10. The van der Waals surface area contributed by atoms with Crippen LogP contribution in [0.5, 0.6) is 0 Å². The van der Waals surface area contributed by atoms with Crippen LogP contribution in [-0.2, 0) is 37.1 Å². The first-order valence-electron chi connectivity index (χ1n) is 13.4. The standard InChI is InChI=1S/C16H14F3NO4S.C15H12F3NO4S/c1-24-15(21)13-9-11(5-8-14(13)20-25(2,22)23)10-3-6-12(7-4-10)16(17,18)19;1-24(22,23)19-13-7-4-10(8-12(13)14(20)21)9-2-5-11(6-3-9)15(16,17)18/h3-9,20H,1-2H3;2-8,19H,1H3,(H,20,21). The van der Waals surface area contributed by atoms with Crippen LogP contribution in [0.3, 0.4) is 0 Å². The van der Waals surface area contributed by atoms with Gasteiger partial charge in [-0.3, -0.25) is 9.44 Å². The van der Waals surface area contributed by atoms with Gasteiger partial charge in [-0.25, -0.2) is 26.4 Å². The highest BCUT2D eigenvalue weighted by Crippen LogP contribution is 2.33. The molecule has 0 aliphatic rings. The van der Waals surface area contributed by atoms with Gasteiger partial charge in [-0.1, -0.05) is 36.4 Å². The van der Waals surface area contributed by atoms with Crippen molar-refractivity contribution in [3.8, 4) is 22.3 Å². The zero-order valence-corrected chi connectivity index (χ0v) is 27.1. The number of methoxy groups -OCH3 is 1. The van der Waals surface area contributed by atoms with E-state index in [2.05, 4.69) is 14.2 Å². The normalized spacial score (nSPS) is 11.9. The average Bonchev–Trinajstić information content (AvgIpc) is 2.99. The lowest BCUT2D eigenvalue weighted by Gasteiger charge is -2.12. The summed E-state index contributed by atoms with van der Waals surface area (Å²) in [7, 11) is -6.16. The van der Waals surface area contributed by atoms with Crippen LogP contribution in [0.1, 0.15) is 31.8 Å². The van der Waals surface area contributed by atoms with E-state index in [0.717, 1.165) is 43.9 Å². The monoisotopic (exact) mass is 732 g/mol. The van der Waals surface area contributed by atoms with Gasteiger partial charge >= 0.3 is 24.3 Å². The van der Waals surface area contributed by atoms with Crippen LogP contribution in [0.4, 0.5) is 37.7 Å². The largest absolute Gasteiger partial charge is 0.478 e. The van der Waals surface area contributed by atoms with Crippen molar-refractivity contribution in [1.82, 2.24) is 0 Å². The Labute approximate surface area is 276 Å². The van der Waals surface area contributed by atoms with Gasteiger partial charge in [-0.05, 0) is 70.8 Å². The Balaban J connectivity index is 0.000000266. The number of alkyl halides is 6. The number of carboxylic acids is 1. The van der Waals surface area contributed by atoms with Crippen molar-refractivity contribution in [2.45, 2.75) is 12.4 Å². The molecule has 3 N–H and O–H groups in total. The molecule has 0 aliphatic heterocycles. The number of sulfonamides is 2. The molecule has 0 aromatic heterocycles. The molecule has 0 amide bonds.